The molecule has 6 heteroatoms. The molecule has 2 heterocycles. The smallest absolute Gasteiger partial charge is 0.244 e. The van der Waals surface area contributed by atoms with Crippen LogP contribution in [-0.2, 0) is 13.1 Å². The van der Waals surface area contributed by atoms with Gasteiger partial charge in [-0.25, -0.2) is 0 Å². The Morgan fingerprint density at radius 1 is 0.893 bits per heavy atom. The Morgan fingerprint density at radius 3 is 2.39 bits per heavy atom. The molecule has 1 aliphatic heterocycles. The summed E-state index contributed by atoms with van der Waals surface area (Å²) in [6, 6.07) is 19.1. The number of piperazine rings is 1. The molecule has 0 saturated carbocycles. The Morgan fingerprint density at radius 2 is 1.64 bits per heavy atom. The topological polar surface area (TPSA) is 57.2 Å². The molecule has 0 bridgehead atoms. The van der Waals surface area contributed by atoms with Crippen molar-refractivity contribution in [2.24, 2.45) is 0 Å². The summed E-state index contributed by atoms with van der Waals surface area (Å²) in [6.45, 7) is 7.71. The Labute approximate surface area is 166 Å². The van der Waals surface area contributed by atoms with Gasteiger partial charge in [-0.15, -0.1) is 5.10 Å². The van der Waals surface area contributed by atoms with Crippen molar-refractivity contribution in [3.05, 3.63) is 77.5 Å². The number of hydrogen-bond donors (Lipinski definition) is 1. The van der Waals surface area contributed by atoms with E-state index in [1.807, 2.05) is 0 Å². The molecule has 0 radical (unpaired) electrons. The average molecular weight is 374 g/mol. The summed E-state index contributed by atoms with van der Waals surface area (Å²) in [5.41, 5.74) is 3.83. The van der Waals surface area contributed by atoms with E-state index in [1.165, 1.54) is 16.7 Å². The van der Waals surface area contributed by atoms with E-state index in [0.29, 0.717) is 12.5 Å². The molecule has 4 rings (SSSR count). The first-order valence-corrected chi connectivity index (χ1v) is 9.77. The van der Waals surface area contributed by atoms with Crippen LogP contribution in [-0.4, -0.2) is 46.3 Å². The van der Waals surface area contributed by atoms with Gasteiger partial charge in [-0.3, -0.25) is 4.90 Å². The number of aromatic nitrogens is 3. The van der Waals surface area contributed by atoms with E-state index in [0.717, 1.165) is 38.5 Å². The average Bonchev–Trinajstić information content (AvgIpc) is 2.75. The molecular weight excluding hydrogens is 348 g/mol. The van der Waals surface area contributed by atoms with Gasteiger partial charge in [0.15, 0.2) is 5.82 Å². The Kier molecular flexibility index (Phi) is 5.77. The molecule has 0 amide bonds. The van der Waals surface area contributed by atoms with Gasteiger partial charge in [0.25, 0.3) is 0 Å². The minimum Gasteiger partial charge on any atom is -0.353 e. The third-order valence-corrected chi connectivity index (χ3v) is 5.06. The zero-order chi connectivity index (χ0) is 19.2. The summed E-state index contributed by atoms with van der Waals surface area (Å²) in [6.07, 6.45) is 1.75. The van der Waals surface area contributed by atoms with Gasteiger partial charge in [0, 0.05) is 39.3 Å². The van der Waals surface area contributed by atoms with Crippen LogP contribution in [0.25, 0.3) is 0 Å². The monoisotopic (exact) mass is 374 g/mol. The van der Waals surface area contributed by atoms with Crippen molar-refractivity contribution in [2.75, 3.05) is 36.4 Å². The summed E-state index contributed by atoms with van der Waals surface area (Å²) >= 11 is 0. The van der Waals surface area contributed by atoms with Crippen LogP contribution in [0.4, 0.5) is 11.8 Å². The second-order valence-electron chi connectivity index (χ2n) is 7.23. The van der Waals surface area contributed by atoms with E-state index in [2.05, 4.69) is 91.8 Å². The molecule has 0 spiro atoms. The normalized spacial score (nSPS) is 14.8. The zero-order valence-electron chi connectivity index (χ0n) is 16.3. The largest absolute Gasteiger partial charge is 0.353 e. The van der Waals surface area contributed by atoms with Crippen LogP contribution in [0.1, 0.15) is 16.7 Å². The molecule has 144 valence electrons. The molecular formula is C22H26N6. The number of rotatable bonds is 6. The van der Waals surface area contributed by atoms with Crippen LogP contribution in [0.15, 0.2) is 60.8 Å². The number of anilines is 2. The zero-order valence-corrected chi connectivity index (χ0v) is 16.3. The first kappa shape index (κ1) is 18.4. The maximum absolute atomic E-state index is 4.66. The molecule has 3 aromatic rings. The molecule has 1 N–H and O–H groups in total. The fourth-order valence-corrected chi connectivity index (χ4v) is 3.39. The van der Waals surface area contributed by atoms with Crippen LogP contribution < -0.4 is 10.2 Å². The summed E-state index contributed by atoms with van der Waals surface area (Å²) in [7, 11) is 0. The van der Waals surface area contributed by atoms with Crippen molar-refractivity contribution in [3.8, 4) is 0 Å². The lowest BCUT2D eigenvalue weighted by Gasteiger charge is -2.35. The van der Waals surface area contributed by atoms with Crippen LogP contribution in [0.2, 0.25) is 0 Å². The maximum Gasteiger partial charge on any atom is 0.244 e. The number of nitrogens with zero attached hydrogens (tertiary/aromatic N) is 5. The molecule has 0 aliphatic carbocycles. The SMILES string of the molecule is Cc1ccc(CNc2nncc(N3CCN(Cc4ccccc4)CC3)n2)cc1. The second kappa shape index (κ2) is 8.80. The molecule has 0 unspecified atom stereocenters. The minimum absolute atomic E-state index is 0.574. The van der Waals surface area contributed by atoms with Gasteiger partial charge in [-0.05, 0) is 18.1 Å². The van der Waals surface area contributed by atoms with Gasteiger partial charge in [-0.2, -0.15) is 10.1 Å². The van der Waals surface area contributed by atoms with Crippen molar-refractivity contribution < 1.29 is 0 Å². The molecule has 0 atom stereocenters. The number of nitrogens with one attached hydrogen (secondary N) is 1. The van der Waals surface area contributed by atoms with E-state index in [4.69, 9.17) is 0 Å². The molecule has 1 aromatic heterocycles. The van der Waals surface area contributed by atoms with Crippen LogP contribution in [0.5, 0.6) is 0 Å². The van der Waals surface area contributed by atoms with Crippen LogP contribution in [0, 0.1) is 6.92 Å². The highest BCUT2D eigenvalue weighted by molar-refractivity contribution is 5.41. The van der Waals surface area contributed by atoms with Crippen molar-refractivity contribution >= 4 is 11.8 Å². The van der Waals surface area contributed by atoms with Gasteiger partial charge in [0.05, 0.1) is 6.20 Å². The molecule has 2 aromatic carbocycles. The third kappa shape index (κ3) is 4.84. The standard InChI is InChI=1S/C22H26N6/c1-18-7-9-19(10-8-18)15-23-22-25-21(16-24-26-22)28-13-11-27(12-14-28)17-20-5-3-2-4-6-20/h2-10,16H,11-15,17H2,1H3,(H,23,25,26). The summed E-state index contributed by atoms with van der Waals surface area (Å²) < 4.78 is 0. The Hall–Kier alpha value is -2.99. The first-order valence-electron chi connectivity index (χ1n) is 9.77. The third-order valence-electron chi connectivity index (χ3n) is 5.06. The lowest BCUT2D eigenvalue weighted by Crippen LogP contribution is -2.46. The number of aryl methyl sites for hydroxylation is 1. The van der Waals surface area contributed by atoms with Gasteiger partial charge in [0.1, 0.15) is 0 Å². The predicted octanol–water partition coefficient (Wildman–Crippen LogP) is 3.11. The van der Waals surface area contributed by atoms with Crippen molar-refractivity contribution in [1.82, 2.24) is 20.1 Å². The van der Waals surface area contributed by atoms with Crippen LogP contribution in [0.3, 0.4) is 0 Å². The highest BCUT2D eigenvalue weighted by Crippen LogP contribution is 2.15. The fourth-order valence-electron chi connectivity index (χ4n) is 3.39. The van der Waals surface area contributed by atoms with E-state index in [-0.39, 0.29) is 0 Å². The second-order valence-corrected chi connectivity index (χ2v) is 7.23. The van der Waals surface area contributed by atoms with Crippen molar-refractivity contribution in [3.63, 3.8) is 0 Å². The fraction of sp³-hybridized carbons (Fsp3) is 0.318. The predicted molar refractivity (Wildman–Crippen MR) is 112 cm³/mol. The minimum atomic E-state index is 0.574. The first-order chi connectivity index (χ1) is 13.8. The van der Waals surface area contributed by atoms with Gasteiger partial charge >= 0.3 is 0 Å². The summed E-state index contributed by atoms with van der Waals surface area (Å²) in [4.78, 5) is 9.43. The molecule has 6 nitrogen and oxygen atoms in total. The van der Waals surface area contributed by atoms with Crippen molar-refractivity contribution in [2.45, 2.75) is 20.0 Å². The Balaban J connectivity index is 1.31. The van der Waals surface area contributed by atoms with E-state index >= 15 is 0 Å². The molecule has 28 heavy (non-hydrogen) atoms. The van der Waals surface area contributed by atoms with Gasteiger partial charge in [0.2, 0.25) is 5.95 Å². The summed E-state index contributed by atoms with van der Waals surface area (Å²) in [5.74, 6) is 1.46. The van der Waals surface area contributed by atoms with E-state index in [9.17, 15) is 0 Å². The van der Waals surface area contributed by atoms with Gasteiger partial charge in [-0.1, -0.05) is 60.2 Å². The molecule has 1 saturated heterocycles. The lowest BCUT2D eigenvalue weighted by atomic mass is 10.1. The molecule has 1 aliphatic rings. The van der Waals surface area contributed by atoms with E-state index in [1.54, 1.807) is 6.20 Å². The number of hydrogen-bond acceptors (Lipinski definition) is 6. The van der Waals surface area contributed by atoms with Gasteiger partial charge < -0.3 is 10.2 Å². The van der Waals surface area contributed by atoms with E-state index < -0.39 is 0 Å². The van der Waals surface area contributed by atoms with Crippen LogP contribution >= 0.6 is 0 Å². The Bertz CT molecular complexity index is 873. The van der Waals surface area contributed by atoms with Crippen molar-refractivity contribution in [1.29, 1.82) is 0 Å². The maximum atomic E-state index is 4.66. The molecule has 1 fully saturated rings. The highest BCUT2D eigenvalue weighted by Gasteiger charge is 2.19. The summed E-state index contributed by atoms with van der Waals surface area (Å²) in [5, 5.41) is 11.6. The lowest BCUT2D eigenvalue weighted by molar-refractivity contribution is 0.249. The number of benzene rings is 2. The highest BCUT2D eigenvalue weighted by atomic mass is 15.3. The quantitative estimate of drug-likeness (QED) is 0.715.